The number of likely N-dealkylation sites (N-methyl/N-ethyl adjacent to an activating group) is 1. The molecular formula is C12H22Cl2N4O3. The molecule has 0 aromatic carbocycles. The predicted octanol–water partition coefficient (Wildman–Crippen LogP) is 0.379. The average Bonchev–Trinajstić information content (AvgIpc) is 2.87. The second-order valence-corrected chi connectivity index (χ2v) is 4.76. The predicted molar refractivity (Wildman–Crippen MR) is 83.1 cm³/mol. The zero-order valence-corrected chi connectivity index (χ0v) is 13.8. The normalized spacial score (nSPS) is 18.8. The van der Waals surface area contributed by atoms with Gasteiger partial charge in [0.25, 0.3) is 5.91 Å². The Kier molecular flexibility index (Phi) is 8.84. The van der Waals surface area contributed by atoms with Crippen molar-refractivity contribution in [1.29, 1.82) is 0 Å². The topological polar surface area (TPSA) is 84.8 Å². The number of halogens is 2. The number of aromatic nitrogens is 1. The lowest BCUT2D eigenvalue weighted by Crippen LogP contribution is -2.56. The number of rotatable bonds is 4. The Bertz CT molecular complexity index is 444. The molecule has 1 aromatic heterocycles. The van der Waals surface area contributed by atoms with Gasteiger partial charge in [-0.25, -0.2) is 0 Å². The summed E-state index contributed by atoms with van der Waals surface area (Å²) in [7, 11) is 3.59. The molecule has 1 amide bonds. The standard InChI is InChI=1S/C12H20N4O3.2ClH/c1-15-3-4-16(9(6-13)7-15)12(17)11-5-10(8-18-2)19-14-11;;/h5,9H,3-4,6-8,13H2,1-2H3;2*1H. The van der Waals surface area contributed by atoms with Gasteiger partial charge in [-0.05, 0) is 7.05 Å². The molecule has 1 aliphatic rings. The van der Waals surface area contributed by atoms with Crippen molar-refractivity contribution in [2.75, 3.05) is 40.3 Å². The number of carbonyl (C=O) groups is 1. The first kappa shape index (κ1) is 20.1. The monoisotopic (exact) mass is 340 g/mol. The van der Waals surface area contributed by atoms with Gasteiger partial charge in [-0.15, -0.1) is 24.8 Å². The van der Waals surface area contributed by atoms with Crippen LogP contribution in [-0.2, 0) is 11.3 Å². The minimum Gasteiger partial charge on any atom is -0.377 e. The van der Waals surface area contributed by atoms with Crippen molar-refractivity contribution in [3.63, 3.8) is 0 Å². The Balaban J connectivity index is 0.00000200. The number of carbonyl (C=O) groups excluding carboxylic acids is 1. The van der Waals surface area contributed by atoms with Crippen LogP contribution in [0.4, 0.5) is 0 Å². The summed E-state index contributed by atoms with van der Waals surface area (Å²) in [5, 5.41) is 3.80. The molecule has 21 heavy (non-hydrogen) atoms. The molecule has 1 aromatic rings. The number of ether oxygens (including phenoxy) is 1. The van der Waals surface area contributed by atoms with Crippen LogP contribution >= 0.6 is 24.8 Å². The van der Waals surface area contributed by atoms with Crippen LogP contribution in [0.25, 0.3) is 0 Å². The maximum absolute atomic E-state index is 12.4. The maximum Gasteiger partial charge on any atom is 0.276 e. The van der Waals surface area contributed by atoms with Crippen LogP contribution in [0.1, 0.15) is 16.2 Å². The van der Waals surface area contributed by atoms with Crippen LogP contribution in [0, 0.1) is 0 Å². The van der Waals surface area contributed by atoms with E-state index < -0.39 is 0 Å². The first-order chi connectivity index (χ1) is 9.15. The van der Waals surface area contributed by atoms with Crippen molar-refractivity contribution in [3.8, 4) is 0 Å². The van der Waals surface area contributed by atoms with E-state index in [9.17, 15) is 4.79 Å². The highest BCUT2D eigenvalue weighted by atomic mass is 35.5. The fourth-order valence-corrected chi connectivity index (χ4v) is 2.25. The molecule has 0 spiro atoms. The Morgan fingerprint density at radius 2 is 2.24 bits per heavy atom. The van der Waals surface area contributed by atoms with Gasteiger partial charge in [-0.1, -0.05) is 5.16 Å². The number of methoxy groups -OCH3 is 1. The summed E-state index contributed by atoms with van der Waals surface area (Å²) in [4.78, 5) is 16.3. The quantitative estimate of drug-likeness (QED) is 0.852. The van der Waals surface area contributed by atoms with Crippen molar-refractivity contribution >= 4 is 30.7 Å². The Labute approximate surface area is 136 Å². The number of amides is 1. The van der Waals surface area contributed by atoms with Crippen LogP contribution in [0.2, 0.25) is 0 Å². The Hall–Kier alpha value is -0.860. The molecule has 2 N–H and O–H groups in total. The fourth-order valence-electron chi connectivity index (χ4n) is 2.25. The third-order valence-corrected chi connectivity index (χ3v) is 3.28. The van der Waals surface area contributed by atoms with Crippen LogP contribution in [0.15, 0.2) is 10.6 Å². The smallest absolute Gasteiger partial charge is 0.276 e. The molecule has 1 atom stereocenters. The molecule has 1 unspecified atom stereocenters. The van der Waals surface area contributed by atoms with E-state index in [4.69, 9.17) is 15.0 Å². The molecule has 9 heteroatoms. The molecule has 1 fully saturated rings. The van der Waals surface area contributed by atoms with Crippen LogP contribution in [0.5, 0.6) is 0 Å². The molecule has 0 saturated carbocycles. The van der Waals surface area contributed by atoms with Crippen LogP contribution in [-0.4, -0.2) is 67.2 Å². The summed E-state index contributed by atoms with van der Waals surface area (Å²) >= 11 is 0. The van der Waals surface area contributed by atoms with Gasteiger partial charge in [0.05, 0.1) is 6.04 Å². The Morgan fingerprint density at radius 3 is 2.86 bits per heavy atom. The number of hydrogen-bond acceptors (Lipinski definition) is 6. The number of nitrogens with two attached hydrogens (primary N) is 1. The SMILES string of the molecule is COCc1cc(C(=O)N2CCN(C)CC2CN)no1.Cl.Cl. The Morgan fingerprint density at radius 1 is 1.52 bits per heavy atom. The third kappa shape index (κ3) is 4.82. The minimum atomic E-state index is -0.130. The molecule has 0 aliphatic carbocycles. The van der Waals surface area contributed by atoms with Gasteiger partial charge in [0.2, 0.25) is 0 Å². The van der Waals surface area contributed by atoms with Crippen LogP contribution < -0.4 is 5.73 Å². The first-order valence-electron chi connectivity index (χ1n) is 6.29. The highest BCUT2D eigenvalue weighted by Gasteiger charge is 2.30. The van der Waals surface area contributed by atoms with Gasteiger partial charge < -0.3 is 24.8 Å². The van der Waals surface area contributed by atoms with Gasteiger partial charge in [0, 0.05) is 39.4 Å². The average molecular weight is 341 g/mol. The van der Waals surface area contributed by atoms with Crippen molar-refractivity contribution in [1.82, 2.24) is 15.0 Å². The number of piperazine rings is 1. The van der Waals surface area contributed by atoms with Crippen molar-refractivity contribution in [2.45, 2.75) is 12.6 Å². The lowest BCUT2D eigenvalue weighted by molar-refractivity contribution is 0.0506. The van der Waals surface area contributed by atoms with E-state index in [0.717, 1.165) is 13.1 Å². The molecule has 0 radical (unpaired) electrons. The molecule has 7 nitrogen and oxygen atoms in total. The summed E-state index contributed by atoms with van der Waals surface area (Å²) in [6.45, 7) is 3.03. The van der Waals surface area contributed by atoms with Crippen molar-refractivity contribution < 1.29 is 14.1 Å². The van der Waals surface area contributed by atoms with Crippen molar-refractivity contribution in [3.05, 3.63) is 17.5 Å². The maximum atomic E-state index is 12.4. The lowest BCUT2D eigenvalue weighted by Gasteiger charge is -2.39. The second-order valence-electron chi connectivity index (χ2n) is 4.76. The van der Waals surface area contributed by atoms with Gasteiger partial charge in [0.15, 0.2) is 11.5 Å². The molecule has 2 rings (SSSR count). The van der Waals surface area contributed by atoms with E-state index in [1.807, 2.05) is 7.05 Å². The molecule has 1 aliphatic heterocycles. The molecule has 122 valence electrons. The number of nitrogens with zero attached hydrogens (tertiary/aromatic N) is 3. The van der Waals surface area contributed by atoms with Crippen LogP contribution in [0.3, 0.4) is 0 Å². The lowest BCUT2D eigenvalue weighted by atomic mass is 10.1. The summed E-state index contributed by atoms with van der Waals surface area (Å²) in [6, 6.07) is 1.64. The highest BCUT2D eigenvalue weighted by Crippen LogP contribution is 2.13. The fraction of sp³-hybridized carbons (Fsp3) is 0.667. The zero-order chi connectivity index (χ0) is 13.8. The van der Waals surface area contributed by atoms with E-state index in [2.05, 4.69) is 10.1 Å². The molecule has 2 heterocycles. The minimum absolute atomic E-state index is 0. The zero-order valence-electron chi connectivity index (χ0n) is 12.2. The van der Waals surface area contributed by atoms with E-state index in [1.165, 1.54) is 0 Å². The van der Waals surface area contributed by atoms with E-state index in [1.54, 1.807) is 18.1 Å². The summed E-state index contributed by atoms with van der Waals surface area (Å²) < 4.78 is 9.98. The molecule has 1 saturated heterocycles. The van der Waals surface area contributed by atoms with Gasteiger partial charge in [-0.3, -0.25) is 4.79 Å². The van der Waals surface area contributed by atoms with Gasteiger partial charge in [-0.2, -0.15) is 0 Å². The molecule has 0 bridgehead atoms. The van der Waals surface area contributed by atoms with Gasteiger partial charge in [0.1, 0.15) is 6.61 Å². The summed E-state index contributed by atoms with van der Waals surface area (Å²) in [5.41, 5.74) is 6.06. The summed E-state index contributed by atoms with van der Waals surface area (Å²) in [5.74, 6) is 0.416. The summed E-state index contributed by atoms with van der Waals surface area (Å²) in [6.07, 6.45) is 0. The first-order valence-corrected chi connectivity index (χ1v) is 6.29. The highest BCUT2D eigenvalue weighted by molar-refractivity contribution is 5.92. The number of hydrogen-bond donors (Lipinski definition) is 1. The van der Waals surface area contributed by atoms with Gasteiger partial charge >= 0.3 is 0 Å². The largest absolute Gasteiger partial charge is 0.377 e. The second kappa shape index (κ2) is 9.22. The van der Waals surface area contributed by atoms with Crippen molar-refractivity contribution in [2.24, 2.45) is 5.73 Å². The van der Waals surface area contributed by atoms with E-state index >= 15 is 0 Å². The third-order valence-electron chi connectivity index (χ3n) is 3.28. The van der Waals surface area contributed by atoms with E-state index in [-0.39, 0.29) is 36.8 Å². The van der Waals surface area contributed by atoms with E-state index in [0.29, 0.717) is 31.2 Å². The molecular weight excluding hydrogens is 319 g/mol.